The van der Waals surface area contributed by atoms with E-state index in [1.54, 1.807) is 0 Å². The average Bonchev–Trinajstić information content (AvgIpc) is 3.58. The Morgan fingerprint density at radius 2 is 1.20 bits per heavy atom. The first-order valence-corrected chi connectivity index (χ1v) is 14.2. The molecule has 2 aromatic heterocycles. The highest BCUT2D eigenvalue weighted by Crippen LogP contribution is 2.38. The van der Waals surface area contributed by atoms with Gasteiger partial charge in [-0.3, -0.25) is 0 Å². The molecule has 4 nitrogen and oxygen atoms in total. The summed E-state index contributed by atoms with van der Waals surface area (Å²) in [5.41, 5.74) is 7.77. The number of para-hydroxylation sites is 2. The maximum absolute atomic E-state index is 6.37. The lowest BCUT2D eigenvalue weighted by Crippen LogP contribution is -2.41. The van der Waals surface area contributed by atoms with E-state index in [0.717, 1.165) is 49.7 Å². The highest BCUT2D eigenvalue weighted by atomic mass is 16.7. The second-order valence-electron chi connectivity index (χ2n) is 12.1. The maximum Gasteiger partial charge on any atom is 0.494 e. The largest absolute Gasteiger partial charge is 0.494 e. The average molecular weight is 535 g/mol. The first-order valence-electron chi connectivity index (χ1n) is 14.2. The molecule has 0 atom stereocenters. The van der Waals surface area contributed by atoms with Crippen LogP contribution in [0.2, 0.25) is 0 Å². The third-order valence-corrected chi connectivity index (χ3v) is 9.04. The van der Waals surface area contributed by atoms with Crippen molar-refractivity contribution >= 4 is 56.3 Å². The van der Waals surface area contributed by atoms with E-state index in [4.69, 9.17) is 13.7 Å². The van der Waals surface area contributed by atoms with Crippen LogP contribution in [0.1, 0.15) is 27.7 Å². The van der Waals surface area contributed by atoms with E-state index >= 15 is 0 Å². The minimum atomic E-state index is -0.409. The zero-order valence-corrected chi connectivity index (χ0v) is 23.6. The van der Waals surface area contributed by atoms with Crippen LogP contribution in [0.25, 0.3) is 60.6 Å². The van der Waals surface area contributed by atoms with Crippen LogP contribution in [0.3, 0.4) is 0 Å². The Hall–Kier alpha value is -4.32. The molecule has 3 heterocycles. The Balaban J connectivity index is 1.26. The fourth-order valence-corrected chi connectivity index (χ4v) is 6.13. The summed E-state index contributed by atoms with van der Waals surface area (Å²) in [7, 11) is -0.409. The molecule has 1 fully saturated rings. The van der Waals surface area contributed by atoms with E-state index < -0.39 is 7.12 Å². The third-order valence-electron chi connectivity index (χ3n) is 9.04. The smallest absolute Gasteiger partial charge is 0.456 e. The van der Waals surface area contributed by atoms with Crippen LogP contribution in [-0.2, 0) is 9.31 Å². The maximum atomic E-state index is 6.37. The minimum Gasteiger partial charge on any atom is -0.456 e. The minimum absolute atomic E-state index is 0.387. The van der Waals surface area contributed by atoms with Crippen molar-refractivity contribution in [1.29, 1.82) is 0 Å². The summed E-state index contributed by atoms with van der Waals surface area (Å²) < 4.78 is 21.3. The number of aromatic nitrogens is 1. The monoisotopic (exact) mass is 535 g/mol. The number of fused-ring (bicyclic) bond motifs is 6. The first kappa shape index (κ1) is 24.5. The summed E-state index contributed by atoms with van der Waals surface area (Å²) >= 11 is 0. The van der Waals surface area contributed by atoms with Crippen LogP contribution < -0.4 is 5.46 Å². The van der Waals surface area contributed by atoms with Crippen molar-refractivity contribution in [2.45, 2.75) is 38.9 Å². The zero-order valence-electron chi connectivity index (χ0n) is 23.6. The molecule has 0 saturated carbocycles. The Morgan fingerprint density at radius 1 is 0.537 bits per heavy atom. The number of benzene rings is 5. The molecule has 0 unspecified atom stereocenters. The van der Waals surface area contributed by atoms with Crippen molar-refractivity contribution in [3.63, 3.8) is 0 Å². The Bertz CT molecular complexity index is 2120. The summed E-state index contributed by atoms with van der Waals surface area (Å²) in [4.78, 5) is 0. The topological polar surface area (TPSA) is 36.5 Å². The van der Waals surface area contributed by atoms with Gasteiger partial charge in [0, 0.05) is 27.2 Å². The van der Waals surface area contributed by atoms with Gasteiger partial charge in [-0.2, -0.15) is 0 Å². The summed E-state index contributed by atoms with van der Waals surface area (Å²) in [5, 5.41) is 4.72. The van der Waals surface area contributed by atoms with E-state index in [1.807, 2.05) is 12.1 Å². The van der Waals surface area contributed by atoms with E-state index in [0.29, 0.717) is 0 Å². The second-order valence-corrected chi connectivity index (χ2v) is 12.1. The predicted molar refractivity (Wildman–Crippen MR) is 169 cm³/mol. The molecule has 0 bridgehead atoms. The number of nitrogens with zero attached hydrogens (tertiary/aromatic N) is 1. The zero-order chi connectivity index (χ0) is 27.9. The molecule has 7 aromatic rings. The molecule has 0 radical (unpaired) electrons. The molecular weight excluding hydrogens is 505 g/mol. The van der Waals surface area contributed by atoms with Gasteiger partial charge < -0.3 is 18.3 Å². The molecule has 200 valence electrons. The molecule has 1 saturated heterocycles. The molecule has 1 aliphatic heterocycles. The van der Waals surface area contributed by atoms with Gasteiger partial charge in [0.1, 0.15) is 11.2 Å². The fourth-order valence-electron chi connectivity index (χ4n) is 6.13. The van der Waals surface area contributed by atoms with Crippen LogP contribution >= 0.6 is 0 Å². The standard InChI is InChI=1S/C36H30BNO3/c1-35(2)36(3,4)41-37(40-35)25-10-9-11-26(22-25)38-31-14-7-5-12-27(31)30-20-23(17-19-32(30)38)24-16-18-29-28-13-6-8-15-33(28)39-34(29)21-24/h5-22H,1-4H3. The van der Waals surface area contributed by atoms with Gasteiger partial charge in [0.15, 0.2) is 0 Å². The van der Waals surface area contributed by atoms with Crippen molar-refractivity contribution in [2.75, 3.05) is 0 Å². The molecule has 0 aliphatic carbocycles. The van der Waals surface area contributed by atoms with Crippen LogP contribution in [0.5, 0.6) is 0 Å². The lowest BCUT2D eigenvalue weighted by molar-refractivity contribution is 0.00578. The van der Waals surface area contributed by atoms with Gasteiger partial charge >= 0.3 is 7.12 Å². The highest BCUT2D eigenvalue weighted by Gasteiger charge is 2.51. The Morgan fingerprint density at radius 3 is 2.02 bits per heavy atom. The third kappa shape index (κ3) is 3.69. The summed E-state index contributed by atoms with van der Waals surface area (Å²) in [5.74, 6) is 0. The molecule has 5 heteroatoms. The van der Waals surface area contributed by atoms with Gasteiger partial charge in [0.25, 0.3) is 0 Å². The Kier molecular flexibility index (Phi) is 5.13. The van der Waals surface area contributed by atoms with E-state index in [1.165, 1.54) is 16.3 Å². The lowest BCUT2D eigenvalue weighted by Gasteiger charge is -2.32. The molecular formula is C36H30BNO3. The van der Waals surface area contributed by atoms with E-state index in [9.17, 15) is 0 Å². The first-order chi connectivity index (χ1) is 19.8. The van der Waals surface area contributed by atoms with Crippen molar-refractivity contribution in [1.82, 2.24) is 4.57 Å². The lowest BCUT2D eigenvalue weighted by atomic mass is 9.79. The van der Waals surface area contributed by atoms with Crippen LogP contribution in [-0.4, -0.2) is 22.9 Å². The van der Waals surface area contributed by atoms with Gasteiger partial charge in [-0.15, -0.1) is 0 Å². The molecule has 0 N–H and O–H groups in total. The highest BCUT2D eigenvalue weighted by molar-refractivity contribution is 6.62. The molecule has 0 spiro atoms. The van der Waals surface area contributed by atoms with E-state index in [-0.39, 0.29) is 11.2 Å². The normalized spacial score (nSPS) is 16.4. The van der Waals surface area contributed by atoms with E-state index in [2.05, 4.69) is 129 Å². The van der Waals surface area contributed by atoms with Crippen LogP contribution in [0.15, 0.2) is 114 Å². The van der Waals surface area contributed by atoms with Gasteiger partial charge in [-0.1, -0.05) is 60.7 Å². The fraction of sp³-hybridized carbons (Fsp3) is 0.167. The van der Waals surface area contributed by atoms with Crippen molar-refractivity contribution in [3.8, 4) is 16.8 Å². The number of hydrogen-bond acceptors (Lipinski definition) is 3. The second kappa shape index (κ2) is 8.59. The quantitative estimate of drug-likeness (QED) is 0.213. The van der Waals surface area contributed by atoms with Crippen molar-refractivity contribution in [3.05, 3.63) is 109 Å². The van der Waals surface area contributed by atoms with Crippen LogP contribution in [0, 0.1) is 0 Å². The molecule has 0 amide bonds. The molecule has 8 rings (SSSR count). The van der Waals surface area contributed by atoms with Gasteiger partial charge in [0.2, 0.25) is 0 Å². The molecule has 1 aliphatic rings. The van der Waals surface area contributed by atoms with Crippen molar-refractivity contribution in [2.24, 2.45) is 0 Å². The SMILES string of the molecule is CC1(C)OB(c2cccc(-n3c4ccccc4c4cc(-c5ccc6c(c5)oc5ccccc56)ccc43)c2)OC1(C)C. The van der Waals surface area contributed by atoms with Gasteiger partial charge in [-0.05, 0) is 92.8 Å². The number of furan rings is 1. The predicted octanol–water partition coefficient (Wildman–Crippen LogP) is 8.65. The molecule has 5 aromatic carbocycles. The van der Waals surface area contributed by atoms with Crippen molar-refractivity contribution < 1.29 is 13.7 Å². The summed E-state index contributed by atoms with van der Waals surface area (Å²) in [6, 6.07) is 38.6. The summed E-state index contributed by atoms with van der Waals surface area (Å²) in [6.45, 7) is 8.36. The number of hydrogen-bond donors (Lipinski definition) is 0. The van der Waals surface area contributed by atoms with Gasteiger partial charge in [0.05, 0.1) is 22.2 Å². The molecule has 41 heavy (non-hydrogen) atoms. The summed E-state index contributed by atoms with van der Waals surface area (Å²) in [6.07, 6.45) is 0. The Labute approximate surface area is 239 Å². The van der Waals surface area contributed by atoms with Gasteiger partial charge in [-0.25, -0.2) is 0 Å². The number of rotatable bonds is 3. The van der Waals surface area contributed by atoms with Crippen LogP contribution in [0.4, 0.5) is 0 Å².